The van der Waals surface area contributed by atoms with Gasteiger partial charge in [-0.25, -0.2) is 4.98 Å². The molecule has 0 radical (unpaired) electrons. The quantitative estimate of drug-likeness (QED) is 0.943. The van der Waals surface area contributed by atoms with Crippen molar-refractivity contribution in [2.75, 3.05) is 21.3 Å². The Morgan fingerprint density at radius 2 is 1.67 bits per heavy atom. The fourth-order valence-electron chi connectivity index (χ4n) is 1.68. The summed E-state index contributed by atoms with van der Waals surface area (Å²) in [6, 6.07) is 3.72. The van der Waals surface area contributed by atoms with Crippen LogP contribution in [0, 0.1) is 0 Å². The van der Waals surface area contributed by atoms with Crippen LogP contribution in [0.25, 0.3) is 11.3 Å². The number of nitrogens with zero attached hydrogens (tertiary/aromatic N) is 1. The van der Waals surface area contributed by atoms with Gasteiger partial charge in [-0.15, -0.1) is 0 Å². The molecule has 1 heterocycles. The fraction of sp³-hybridized carbons (Fsp3) is 0.250. The topological polar surface area (TPSA) is 56.4 Å². The van der Waals surface area contributed by atoms with Gasteiger partial charge in [0.2, 0.25) is 5.75 Å². The van der Waals surface area contributed by atoms with Crippen molar-refractivity contribution in [3.8, 4) is 28.5 Å². The van der Waals surface area contributed by atoms with Crippen LogP contribution in [0.2, 0.25) is 0 Å². The van der Waals surface area contributed by atoms with Crippen molar-refractivity contribution in [1.29, 1.82) is 0 Å². The summed E-state index contributed by atoms with van der Waals surface area (Å²) in [6.07, 6.45) is 1.73. The molecular formula is C12H13BrN2O3. The predicted molar refractivity (Wildman–Crippen MR) is 71.4 cm³/mol. The Morgan fingerprint density at radius 3 is 2.06 bits per heavy atom. The molecular weight excluding hydrogens is 300 g/mol. The van der Waals surface area contributed by atoms with Crippen molar-refractivity contribution in [2.24, 2.45) is 0 Å². The van der Waals surface area contributed by atoms with E-state index < -0.39 is 0 Å². The molecule has 96 valence electrons. The van der Waals surface area contributed by atoms with Crippen molar-refractivity contribution in [3.05, 3.63) is 23.1 Å². The minimum atomic E-state index is 0.572. The van der Waals surface area contributed by atoms with E-state index in [0.717, 1.165) is 11.3 Å². The molecule has 1 aromatic carbocycles. The summed E-state index contributed by atoms with van der Waals surface area (Å²) >= 11 is 3.27. The third kappa shape index (κ3) is 2.28. The average Bonchev–Trinajstić information content (AvgIpc) is 2.83. The number of aromatic amines is 1. The smallest absolute Gasteiger partial charge is 0.203 e. The summed E-state index contributed by atoms with van der Waals surface area (Å²) in [5.74, 6) is 1.79. The van der Waals surface area contributed by atoms with Gasteiger partial charge >= 0.3 is 0 Å². The molecule has 0 unspecified atom stereocenters. The summed E-state index contributed by atoms with van der Waals surface area (Å²) in [6.45, 7) is 0. The number of halogens is 1. The predicted octanol–water partition coefficient (Wildman–Crippen LogP) is 2.87. The first kappa shape index (κ1) is 12.8. The molecule has 6 heteroatoms. The minimum absolute atomic E-state index is 0.572. The second kappa shape index (κ2) is 5.30. The molecule has 0 aliphatic heterocycles. The zero-order valence-corrected chi connectivity index (χ0v) is 11.9. The van der Waals surface area contributed by atoms with Crippen molar-refractivity contribution in [3.63, 3.8) is 0 Å². The third-order valence-electron chi connectivity index (χ3n) is 2.52. The Bertz CT molecular complexity index is 529. The zero-order chi connectivity index (χ0) is 13.1. The summed E-state index contributed by atoms with van der Waals surface area (Å²) in [4.78, 5) is 7.18. The number of H-pyrrole nitrogens is 1. The van der Waals surface area contributed by atoms with Crippen LogP contribution in [0.15, 0.2) is 23.1 Å². The lowest BCUT2D eigenvalue weighted by Crippen LogP contribution is -1.95. The zero-order valence-electron chi connectivity index (χ0n) is 10.3. The van der Waals surface area contributed by atoms with Crippen LogP contribution in [0.1, 0.15) is 0 Å². The van der Waals surface area contributed by atoms with Crippen molar-refractivity contribution >= 4 is 15.9 Å². The normalized spacial score (nSPS) is 10.2. The molecule has 0 amide bonds. The number of methoxy groups -OCH3 is 3. The van der Waals surface area contributed by atoms with E-state index >= 15 is 0 Å². The van der Waals surface area contributed by atoms with E-state index in [1.165, 1.54) is 0 Å². The van der Waals surface area contributed by atoms with E-state index in [2.05, 4.69) is 25.9 Å². The van der Waals surface area contributed by atoms with Crippen LogP contribution < -0.4 is 14.2 Å². The number of aromatic nitrogens is 2. The van der Waals surface area contributed by atoms with Gasteiger partial charge in [0.05, 0.1) is 33.2 Å². The van der Waals surface area contributed by atoms with Gasteiger partial charge in [0, 0.05) is 5.56 Å². The van der Waals surface area contributed by atoms with Gasteiger partial charge in [0.25, 0.3) is 0 Å². The first-order valence-electron chi connectivity index (χ1n) is 5.20. The fourth-order valence-corrected chi connectivity index (χ4v) is 2.00. The molecule has 0 aliphatic rings. The van der Waals surface area contributed by atoms with E-state index in [9.17, 15) is 0 Å². The molecule has 18 heavy (non-hydrogen) atoms. The molecule has 0 bridgehead atoms. The number of hydrogen-bond acceptors (Lipinski definition) is 4. The molecule has 0 saturated heterocycles. The minimum Gasteiger partial charge on any atom is -0.493 e. The highest BCUT2D eigenvalue weighted by Crippen LogP contribution is 2.40. The SMILES string of the molecule is COc1cc(-c2cnc(Br)[nH]2)cc(OC)c1OC. The Kier molecular flexibility index (Phi) is 3.76. The molecule has 1 N–H and O–H groups in total. The highest BCUT2D eigenvalue weighted by Gasteiger charge is 2.14. The van der Waals surface area contributed by atoms with Crippen LogP contribution in [0.4, 0.5) is 0 Å². The average molecular weight is 313 g/mol. The van der Waals surface area contributed by atoms with Crippen LogP contribution in [-0.4, -0.2) is 31.3 Å². The van der Waals surface area contributed by atoms with E-state index in [4.69, 9.17) is 14.2 Å². The van der Waals surface area contributed by atoms with Gasteiger partial charge in [0.15, 0.2) is 16.2 Å². The number of imidazole rings is 1. The van der Waals surface area contributed by atoms with Crippen molar-refractivity contribution < 1.29 is 14.2 Å². The summed E-state index contributed by atoms with van der Waals surface area (Å²) < 4.78 is 16.5. The molecule has 2 rings (SSSR count). The van der Waals surface area contributed by atoms with Gasteiger partial charge in [-0.2, -0.15) is 0 Å². The second-order valence-corrected chi connectivity index (χ2v) is 4.25. The number of hydrogen-bond donors (Lipinski definition) is 1. The third-order valence-corrected chi connectivity index (χ3v) is 2.92. The van der Waals surface area contributed by atoms with Gasteiger partial charge in [-0.1, -0.05) is 0 Å². The summed E-state index contributed by atoms with van der Waals surface area (Å²) in [5.41, 5.74) is 1.77. The molecule has 0 aliphatic carbocycles. The number of benzene rings is 1. The highest BCUT2D eigenvalue weighted by atomic mass is 79.9. The molecule has 0 atom stereocenters. The molecule has 0 fully saturated rings. The Hall–Kier alpha value is -1.69. The lowest BCUT2D eigenvalue weighted by molar-refractivity contribution is 0.324. The highest BCUT2D eigenvalue weighted by molar-refractivity contribution is 9.10. The van der Waals surface area contributed by atoms with Gasteiger partial charge in [-0.05, 0) is 28.1 Å². The van der Waals surface area contributed by atoms with Crippen LogP contribution in [0.5, 0.6) is 17.2 Å². The monoisotopic (exact) mass is 312 g/mol. The second-order valence-electron chi connectivity index (χ2n) is 3.50. The van der Waals surface area contributed by atoms with Gasteiger partial charge < -0.3 is 19.2 Å². The Morgan fingerprint density at radius 1 is 1.06 bits per heavy atom. The maximum Gasteiger partial charge on any atom is 0.203 e. The molecule has 0 spiro atoms. The first-order valence-corrected chi connectivity index (χ1v) is 5.99. The number of rotatable bonds is 4. The standard InChI is InChI=1S/C12H13BrN2O3/c1-16-9-4-7(8-6-14-12(13)15-8)5-10(17-2)11(9)18-3/h4-6H,1-3H3,(H,14,15). The summed E-state index contributed by atoms with van der Waals surface area (Å²) in [7, 11) is 4.75. The summed E-state index contributed by atoms with van der Waals surface area (Å²) in [5, 5.41) is 0. The Labute approximate surface area is 113 Å². The maximum absolute atomic E-state index is 5.30. The van der Waals surface area contributed by atoms with Crippen LogP contribution in [0.3, 0.4) is 0 Å². The van der Waals surface area contributed by atoms with Gasteiger partial charge in [0.1, 0.15) is 0 Å². The van der Waals surface area contributed by atoms with Crippen molar-refractivity contribution in [1.82, 2.24) is 9.97 Å². The van der Waals surface area contributed by atoms with Crippen LogP contribution in [-0.2, 0) is 0 Å². The lowest BCUT2D eigenvalue weighted by Gasteiger charge is -2.13. The number of ether oxygens (including phenoxy) is 3. The van der Waals surface area contributed by atoms with Gasteiger partial charge in [-0.3, -0.25) is 0 Å². The van der Waals surface area contributed by atoms with Crippen LogP contribution >= 0.6 is 15.9 Å². The van der Waals surface area contributed by atoms with E-state index in [0.29, 0.717) is 22.0 Å². The molecule has 1 aromatic heterocycles. The first-order chi connectivity index (χ1) is 8.69. The Balaban J connectivity index is 2.56. The van der Waals surface area contributed by atoms with E-state index in [1.54, 1.807) is 27.5 Å². The molecule has 0 saturated carbocycles. The number of nitrogens with one attached hydrogen (secondary N) is 1. The molecule has 5 nitrogen and oxygen atoms in total. The maximum atomic E-state index is 5.30. The lowest BCUT2D eigenvalue weighted by atomic mass is 10.1. The largest absolute Gasteiger partial charge is 0.493 e. The van der Waals surface area contributed by atoms with Crippen molar-refractivity contribution in [2.45, 2.75) is 0 Å². The van der Waals surface area contributed by atoms with E-state index in [1.807, 2.05) is 12.1 Å². The van der Waals surface area contributed by atoms with E-state index in [-0.39, 0.29) is 0 Å². The molecule has 2 aromatic rings.